The summed E-state index contributed by atoms with van der Waals surface area (Å²) in [5, 5.41) is 19.2. The summed E-state index contributed by atoms with van der Waals surface area (Å²) in [5.74, 6) is -0.566. The van der Waals surface area contributed by atoms with Gasteiger partial charge in [0.25, 0.3) is 0 Å². The normalized spacial score (nSPS) is 11.4. The largest absolute Gasteiger partial charge is 0.478 e. The van der Waals surface area contributed by atoms with Crippen LogP contribution in [0.5, 0.6) is 0 Å². The maximum Gasteiger partial charge on any atom is 0.335 e. The van der Waals surface area contributed by atoms with Crippen molar-refractivity contribution in [3.05, 3.63) is 35.0 Å². The Labute approximate surface area is 118 Å². The van der Waals surface area contributed by atoms with E-state index in [2.05, 4.69) is 24.6 Å². The van der Waals surface area contributed by atoms with Gasteiger partial charge in [-0.3, -0.25) is 0 Å². The average molecular weight is 275 g/mol. The molecule has 0 atom stereocenters. The monoisotopic (exact) mass is 275 g/mol. The molecule has 4 heteroatoms. The summed E-state index contributed by atoms with van der Waals surface area (Å²) in [6.07, 6.45) is 2.78. The highest BCUT2D eigenvalue weighted by atomic mass is 16.4. The molecule has 0 aliphatic rings. The number of fused-ring (bicyclic) bond motifs is 1. The van der Waals surface area contributed by atoms with Crippen LogP contribution in [-0.4, -0.2) is 27.4 Å². The summed E-state index contributed by atoms with van der Waals surface area (Å²) in [5.41, 5.74) is 3.53. The van der Waals surface area contributed by atoms with Gasteiger partial charge in [0.05, 0.1) is 11.1 Å². The van der Waals surface area contributed by atoms with Gasteiger partial charge in [-0.15, -0.1) is 0 Å². The van der Waals surface area contributed by atoms with Crippen molar-refractivity contribution in [3.63, 3.8) is 0 Å². The molecule has 2 aromatic rings. The van der Waals surface area contributed by atoms with Gasteiger partial charge in [0.2, 0.25) is 0 Å². The number of hydrogen-bond acceptors (Lipinski definition) is 2. The Kier molecular flexibility index (Phi) is 4.14. The van der Waals surface area contributed by atoms with Gasteiger partial charge in [-0.05, 0) is 42.5 Å². The Bertz CT molecular complexity index is 641. The molecule has 0 aliphatic heterocycles. The molecule has 4 nitrogen and oxygen atoms in total. The maximum absolute atomic E-state index is 11.2. The van der Waals surface area contributed by atoms with E-state index >= 15 is 0 Å². The van der Waals surface area contributed by atoms with Crippen molar-refractivity contribution >= 4 is 16.9 Å². The van der Waals surface area contributed by atoms with Crippen molar-refractivity contribution in [3.8, 4) is 0 Å². The fraction of sp³-hybridized carbons (Fsp3) is 0.438. The minimum absolute atomic E-state index is 0.156. The number of aromatic carboxylic acids is 1. The van der Waals surface area contributed by atoms with Gasteiger partial charge < -0.3 is 14.8 Å². The van der Waals surface area contributed by atoms with E-state index in [1.165, 1.54) is 0 Å². The highest BCUT2D eigenvalue weighted by Crippen LogP contribution is 2.31. The lowest BCUT2D eigenvalue weighted by Gasteiger charge is -2.07. The van der Waals surface area contributed by atoms with Crippen LogP contribution in [0.4, 0.5) is 0 Å². The first kappa shape index (κ1) is 14.6. The average Bonchev–Trinajstić information content (AvgIpc) is 2.75. The van der Waals surface area contributed by atoms with Gasteiger partial charge in [0.15, 0.2) is 0 Å². The van der Waals surface area contributed by atoms with Crippen LogP contribution >= 0.6 is 0 Å². The topological polar surface area (TPSA) is 62.5 Å². The van der Waals surface area contributed by atoms with Gasteiger partial charge in [-0.2, -0.15) is 0 Å². The summed E-state index contributed by atoms with van der Waals surface area (Å²) in [6, 6.07) is 3.47. The van der Waals surface area contributed by atoms with E-state index in [0.717, 1.165) is 28.6 Å². The predicted octanol–water partition coefficient (Wildman–Crippen LogP) is 3.15. The number of carboxylic acids is 1. The number of aliphatic hydroxyl groups excluding tert-OH is 1. The fourth-order valence-corrected chi connectivity index (χ4v) is 2.68. The fourth-order valence-electron chi connectivity index (χ4n) is 2.68. The third kappa shape index (κ3) is 2.56. The van der Waals surface area contributed by atoms with Crippen molar-refractivity contribution in [2.24, 2.45) is 0 Å². The van der Waals surface area contributed by atoms with Crippen LogP contribution in [0.25, 0.3) is 10.9 Å². The lowest BCUT2D eigenvalue weighted by atomic mass is 9.99. The molecule has 0 aliphatic carbocycles. The van der Waals surface area contributed by atoms with Crippen LogP contribution in [-0.2, 0) is 6.54 Å². The van der Waals surface area contributed by atoms with E-state index in [-0.39, 0.29) is 6.61 Å². The van der Waals surface area contributed by atoms with Gasteiger partial charge in [0, 0.05) is 24.7 Å². The van der Waals surface area contributed by atoms with Crippen LogP contribution in [0, 0.1) is 6.92 Å². The highest BCUT2D eigenvalue weighted by Gasteiger charge is 2.16. The van der Waals surface area contributed by atoms with Gasteiger partial charge in [-0.1, -0.05) is 13.8 Å². The first-order chi connectivity index (χ1) is 9.45. The molecule has 2 rings (SSSR count). The molecular weight excluding hydrogens is 254 g/mol. The molecule has 0 radical (unpaired) electrons. The second-order valence-corrected chi connectivity index (χ2v) is 5.50. The van der Waals surface area contributed by atoms with Crippen LogP contribution in [0.15, 0.2) is 18.3 Å². The van der Waals surface area contributed by atoms with Gasteiger partial charge in [0.1, 0.15) is 0 Å². The van der Waals surface area contributed by atoms with E-state index in [0.29, 0.717) is 17.9 Å². The van der Waals surface area contributed by atoms with Crippen LogP contribution < -0.4 is 0 Å². The number of benzene rings is 1. The first-order valence-electron chi connectivity index (χ1n) is 6.93. The maximum atomic E-state index is 11.2. The van der Waals surface area contributed by atoms with Crippen molar-refractivity contribution in [1.82, 2.24) is 4.57 Å². The molecule has 1 aromatic carbocycles. The summed E-state index contributed by atoms with van der Waals surface area (Å²) in [4.78, 5) is 11.2. The minimum Gasteiger partial charge on any atom is -0.478 e. The van der Waals surface area contributed by atoms with Gasteiger partial charge in [-0.25, -0.2) is 4.79 Å². The molecule has 0 saturated carbocycles. The summed E-state index contributed by atoms with van der Waals surface area (Å²) < 4.78 is 2.13. The summed E-state index contributed by atoms with van der Waals surface area (Å²) >= 11 is 0. The molecule has 0 unspecified atom stereocenters. The Hall–Kier alpha value is -1.81. The molecule has 0 bridgehead atoms. The van der Waals surface area contributed by atoms with Crippen molar-refractivity contribution in [2.75, 3.05) is 6.61 Å². The highest BCUT2D eigenvalue weighted by molar-refractivity contribution is 5.96. The van der Waals surface area contributed by atoms with Crippen LogP contribution in [0.2, 0.25) is 0 Å². The summed E-state index contributed by atoms with van der Waals surface area (Å²) in [7, 11) is 0. The minimum atomic E-state index is -0.896. The Morgan fingerprint density at radius 2 is 2.05 bits per heavy atom. The zero-order valence-corrected chi connectivity index (χ0v) is 12.2. The van der Waals surface area contributed by atoms with Gasteiger partial charge >= 0.3 is 5.97 Å². The van der Waals surface area contributed by atoms with E-state index in [1.807, 2.05) is 6.92 Å². The third-order valence-electron chi connectivity index (χ3n) is 3.62. The molecule has 1 heterocycles. The number of hydrogen-bond donors (Lipinski definition) is 2. The smallest absolute Gasteiger partial charge is 0.335 e. The lowest BCUT2D eigenvalue weighted by molar-refractivity contribution is 0.0697. The number of carboxylic acid groups (broad SMARTS) is 1. The van der Waals surface area contributed by atoms with Crippen LogP contribution in [0.3, 0.4) is 0 Å². The molecule has 0 saturated heterocycles. The second kappa shape index (κ2) is 5.67. The van der Waals surface area contributed by atoms with Crippen molar-refractivity contribution < 1.29 is 15.0 Å². The summed E-state index contributed by atoms with van der Waals surface area (Å²) in [6.45, 7) is 7.05. The van der Waals surface area contributed by atoms with E-state index in [4.69, 9.17) is 5.11 Å². The predicted molar refractivity (Wildman–Crippen MR) is 79.4 cm³/mol. The molecule has 0 fully saturated rings. The van der Waals surface area contributed by atoms with Crippen LogP contribution in [0.1, 0.15) is 47.7 Å². The number of aromatic nitrogens is 1. The standard InChI is InChI=1S/C16H21NO3/c1-10(2)14-9-17(5-4-6-18)15-11(3)7-12(16(19)20)8-13(14)15/h7-10,18H,4-6H2,1-3H3,(H,19,20). The number of rotatable bonds is 5. The Morgan fingerprint density at radius 1 is 1.35 bits per heavy atom. The molecule has 1 aromatic heterocycles. The third-order valence-corrected chi connectivity index (χ3v) is 3.62. The molecule has 2 N–H and O–H groups in total. The SMILES string of the molecule is Cc1cc(C(=O)O)cc2c(C(C)C)cn(CCCO)c12. The molecule has 20 heavy (non-hydrogen) atoms. The van der Waals surface area contributed by atoms with E-state index in [9.17, 15) is 9.90 Å². The second-order valence-electron chi connectivity index (χ2n) is 5.50. The molecule has 0 amide bonds. The quantitative estimate of drug-likeness (QED) is 0.881. The van der Waals surface area contributed by atoms with E-state index in [1.54, 1.807) is 12.1 Å². The first-order valence-corrected chi connectivity index (χ1v) is 6.93. The molecule has 0 spiro atoms. The number of aryl methyl sites for hydroxylation is 2. The lowest BCUT2D eigenvalue weighted by Crippen LogP contribution is -2.01. The van der Waals surface area contributed by atoms with E-state index < -0.39 is 5.97 Å². The van der Waals surface area contributed by atoms with Crippen molar-refractivity contribution in [2.45, 2.75) is 39.7 Å². The number of carbonyl (C=O) groups is 1. The Morgan fingerprint density at radius 3 is 2.60 bits per heavy atom. The van der Waals surface area contributed by atoms with Crippen molar-refractivity contribution in [1.29, 1.82) is 0 Å². The molecule has 108 valence electrons. The number of aliphatic hydroxyl groups is 1. The number of nitrogens with zero attached hydrogens (tertiary/aromatic N) is 1. The zero-order valence-electron chi connectivity index (χ0n) is 12.2. The Balaban J connectivity index is 2.69. The zero-order chi connectivity index (χ0) is 14.9. The molecular formula is C16H21NO3.